The van der Waals surface area contributed by atoms with Gasteiger partial charge in [0.25, 0.3) is 0 Å². The van der Waals surface area contributed by atoms with E-state index in [9.17, 15) is 0 Å². The first-order valence-electron chi connectivity index (χ1n) is 34.0. The summed E-state index contributed by atoms with van der Waals surface area (Å²) in [4.78, 5) is 0. The van der Waals surface area contributed by atoms with Gasteiger partial charge < -0.3 is 0 Å². The predicted octanol–water partition coefficient (Wildman–Crippen LogP) is 24.5. The normalized spacial score (nSPS) is 9.51. The molecule has 93 heavy (non-hydrogen) atoms. The highest BCUT2D eigenvalue weighted by molar-refractivity contribution is 5.93. The van der Waals surface area contributed by atoms with E-state index in [0.717, 1.165) is 6.42 Å². The summed E-state index contributed by atoms with van der Waals surface area (Å²) in [7, 11) is 8.46. The highest BCUT2D eigenvalue weighted by atomic mass is 14.9. The lowest BCUT2D eigenvalue weighted by Crippen LogP contribution is -2.32. The molecule has 1 aliphatic carbocycles. The molecule has 0 spiro atoms. The van der Waals surface area contributed by atoms with Crippen molar-refractivity contribution in [1.29, 1.82) is 0 Å². The molecule has 4 heterocycles. The number of rotatable bonds is 4. The molecule has 0 saturated carbocycles. The van der Waals surface area contributed by atoms with E-state index in [-0.39, 0.29) is 14.9 Å². The number of pyridine rings is 4. The zero-order valence-electron chi connectivity index (χ0n) is 60.6. The Balaban J connectivity index is 0.00000112. The maximum atomic E-state index is 2.28. The fourth-order valence-electron chi connectivity index (χ4n) is 10.8. The van der Waals surface area contributed by atoms with Crippen molar-refractivity contribution in [2.45, 2.75) is 160 Å². The number of benzene rings is 8. The van der Waals surface area contributed by atoms with Crippen molar-refractivity contribution in [1.82, 2.24) is 0 Å². The van der Waals surface area contributed by atoms with Crippen molar-refractivity contribution in [3.8, 4) is 56.2 Å². The molecular formula is C89H122N4+4. The lowest BCUT2D eigenvalue weighted by Gasteiger charge is -2.10. The van der Waals surface area contributed by atoms with E-state index in [0.29, 0.717) is 0 Å². The number of para-hydroxylation sites is 1. The first-order chi connectivity index (χ1) is 44.5. The predicted molar refractivity (Wildman–Crippen MR) is 416 cm³/mol. The highest BCUT2D eigenvalue weighted by Crippen LogP contribution is 2.42. The first kappa shape index (κ1) is 84.1. The molecule has 0 fully saturated rings. The topological polar surface area (TPSA) is 15.5 Å². The summed E-state index contributed by atoms with van der Waals surface area (Å²) in [5.41, 5.74) is 22.6. The van der Waals surface area contributed by atoms with Gasteiger partial charge >= 0.3 is 0 Å². The number of fused-ring (bicyclic) bond motifs is 6. The van der Waals surface area contributed by atoms with Crippen LogP contribution in [0.15, 0.2) is 243 Å². The SMILES string of the molecule is C.C.CC.CC.CC.CC.CC.CC.CC.CC.Cc1ccc2c(c1-c1cccc[n+]1C)Cc1ccccc1-2.Cc1ccccc1-c1c2ccccc2cc[n+]1C.Cc1ccccc1-c1cc2ccccc2c[n+]1C.Cc1ccccc1-c1ccc2ccccc2[n+]1C. The largest absolute Gasteiger partial charge is 0.220 e. The zero-order valence-corrected chi connectivity index (χ0v) is 60.6. The summed E-state index contributed by atoms with van der Waals surface area (Å²) in [6, 6.07) is 79.6. The number of aromatic nitrogens is 4. The number of hydrogen-bond acceptors (Lipinski definition) is 0. The molecule has 0 radical (unpaired) electrons. The molecule has 0 saturated heterocycles. The van der Waals surface area contributed by atoms with Crippen LogP contribution < -0.4 is 18.3 Å². The van der Waals surface area contributed by atoms with Crippen LogP contribution in [-0.4, -0.2) is 0 Å². The van der Waals surface area contributed by atoms with Gasteiger partial charge in [-0.25, -0.2) is 13.7 Å². The summed E-state index contributed by atoms with van der Waals surface area (Å²) >= 11 is 0. The number of nitrogens with zero attached hydrogens (tertiary/aromatic N) is 4. The van der Waals surface area contributed by atoms with Gasteiger partial charge in [-0.2, -0.15) is 4.57 Å². The zero-order chi connectivity index (χ0) is 68.0. The van der Waals surface area contributed by atoms with Crippen LogP contribution in [0.5, 0.6) is 0 Å². The van der Waals surface area contributed by atoms with Crippen LogP contribution >= 0.6 is 0 Å². The van der Waals surface area contributed by atoms with Gasteiger partial charge in [0.2, 0.25) is 28.3 Å². The van der Waals surface area contributed by atoms with E-state index in [4.69, 9.17) is 0 Å². The molecule has 12 aromatic rings. The quantitative estimate of drug-likeness (QED) is 0.156. The molecule has 0 atom stereocenters. The van der Waals surface area contributed by atoms with Crippen molar-refractivity contribution < 1.29 is 18.3 Å². The van der Waals surface area contributed by atoms with Crippen molar-refractivity contribution in [2.75, 3.05) is 0 Å². The standard InChI is InChI=1S/C20H18N.3C17H16N.8C2H6.2CH4/c1-14-10-11-17-16-8-4-3-7-15(16)13-18(17)20(14)19-9-5-6-12-21(19)2;1-13-7-3-6-10-16(13)17-11-14-8-4-5-9-15(14)12-18(17)2;1-13-7-3-5-9-15(13)17-16-10-6-4-8-14(16)11-12-18(17)2;1-13-7-3-5-9-15(13)17-12-11-14-8-4-6-10-16(14)18(17)2;8*1-2;;/h3-12H,13H2,1-2H3;3*3-12H,1-2H3;8*1-2H3;2*1H4/q4*+1;;;;;;;;;;. The van der Waals surface area contributed by atoms with E-state index in [1.807, 2.05) is 111 Å². The molecule has 0 bridgehead atoms. The van der Waals surface area contributed by atoms with Crippen LogP contribution in [0.25, 0.3) is 88.6 Å². The van der Waals surface area contributed by atoms with E-state index in [2.05, 4.69) is 317 Å². The second kappa shape index (κ2) is 46.2. The third kappa shape index (κ3) is 21.9. The Morgan fingerprint density at radius 2 is 0.742 bits per heavy atom. The lowest BCUT2D eigenvalue weighted by molar-refractivity contribution is -0.660. The Morgan fingerprint density at radius 1 is 0.290 bits per heavy atom. The van der Waals surface area contributed by atoms with Gasteiger partial charge in [0, 0.05) is 63.9 Å². The summed E-state index contributed by atoms with van der Waals surface area (Å²) < 4.78 is 8.87. The van der Waals surface area contributed by atoms with Crippen molar-refractivity contribution in [3.05, 3.63) is 276 Å². The second-order valence-electron chi connectivity index (χ2n) is 19.9. The summed E-state index contributed by atoms with van der Waals surface area (Å²) in [6.45, 7) is 40.7. The molecular weight excluding hydrogens is 1130 g/mol. The monoisotopic (exact) mass is 1250 g/mol. The van der Waals surface area contributed by atoms with Crippen LogP contribution in [0, 0.1) is 27.7 Å². The third-order valence-electron chi connectivity index (χ3n) is 14.9. The van der Waals surface area contributed by atoms with Gasteiger partial charge in [0.05, 0.1) is 10.9 Å². The Kier molecular flexibility index (Phi) is 41.8. The van der Waals surface area contributed by atoms with Crippen LogP contribution in [0.1, 0.15) is 159 Å². The Bertz CT molecular complexity index is 3980. The molecule has 494 valence electrons. The third-order valence-corrected chi connectivity index (χ3v) is 14.9. The molecule has 0 N–H and O–H groups in total. The molecule has 8 aromatic carbocycles. The fourth-order valence-corrected chi connectivity index (χ4v) is 10.8. The van der Waals surface area contributed by atoms with E-state index >= 15 is 0 Å². The van der Waals surface area contributed by atoms with Gasteiger partial charge in [-0.1, -0.05) is 265 Å². The highest BCUT2D eigenvalue weighted by Gasteiger charge is 2.26. The van der Waals surface area contributed by atoms with Gasteiger partial charge in [0.15, 0.2) is 18.6 Å². The summed E-state index contributed by atoms with van der Waals surface area (Å²) in [5, 5.41) is 6.43. The average Bonchev–Trinajstić information content (AvgIpc) is 1.69. The Labute approximate surface area is 568 Å². The van der Waals surface area contributed by atoms with Crippen LogP contribution in [0.3, 0.4) is 0 Å². The van der Waals surface area contributed by atoms with Gasteiger partial charge in [-0.3, -0.25) is 0 Å². The van der Waals surface area contributed by atoms with Gasteiger partial charge in [0.1, 0.15) is 28.2 Å². The molecule has 13 rings (SSSR count). The van der Waals surface area contributed by atoms with E-state index in [1.165, 1.54) is 122 Å². The molecule has 4 aromatic heterocycles. The van der Waals surface area contributed by atoms with Crippen molar-refractivity contribution >= 4 is 32.4 Å². The van der Waals surface area contributed by atoms with Gasteiger partial charge in [-0.05, 0) is 138 Å². The Hall–Kier alpha value is -8.86. The van der Waals surface area contributed by atoms with E-state index in [1.54, 1.807) is 0 Å². The molecule has 0 amide bonds. The fraction of sp³-hybridized carbons (Fsp3) is 0.303. The lowest BCUT2D eigenvalue weighted by atomic mass is 9.94. The van der Waals surface area contributed by atoms with Crippen LogP contribution in [0.2, 0.25) is 0 Å². The molecule has 0 aliphatic heterocycles. The average molecular weight is 1250 g/mol. The van der Waals surface area contributed by atoms with Crippen molar-refractivity contribution in [3.63, 3.8) is 0 Å². The smallest absolute Gasteiger partial charge is 0.201 e. The number of hydrogen-bond donors (Lipinski definition) is 0. The minimum Gasteiger partial charge on any atom is -0.201 e. The minimum absolute atomic E-state index is 0. The molecule has 4 nitrogen and oxygen atoms in total. The van der Waals surface area contributed by atoms with Crippen LogP contribution in [-0.2, 0) is 34.6 Å². The van der Waals surface area contributed by atoms with Crippen LogP contribution in [0.4, 0.5) is 0 Å². The molecule has 0 unspecified atom stereocenters. The minimum atomic E-state index is 0. The number of aryl methyl sites for hydroxylation is 8. The summed E-state index contributed by atoms with van der Waals surface area (Å²) in [5.74, 6) is 0. The maximum absolute atomic E-state index is 2.28. The van der Waals surface area contributed by atoms with E-state index < -0.39 is 0 Å². The molecule has 4 heteroatoms. The second-order valence-corrected chi connectivity index (χ2v) is 19.9. The first-order valence-corrected chi connectivity index (χ1v) is 34.0. The summed E-state index contributed by atoms with van der Waals surface area (Å²) in [6.07, 6.45) is 7.48. The maximum Gasteiger partial charge on any atom is 0.220 e. The molecule has 1 aliphatic rings. The van der Waals surface area contributed by atoms with Crippen molar-refractivity contribution in [2.24, 2.45) is 28.2 Å². The van der Waals surface area contributed by atoms with Gasteiger partial charge in [-0.15, -0.1) is 0 Å². The Morgan fingerprint density at radius 3 is 1.30 bits per heavy atom.